The van der Waals surface area contributed by atoms with Gasteiger partial charge in [-0.25, -0.2) is 0 Å². The van der Waals surface area contributed by atoms with Crippen molar-refractivity contribution in [3.05, 3.63) is 28.8 Å². The maximum Gasteiger partial charge on any atom is 0.0399 e. The highest BCUT2D eigenvalue weighted by Gasteiger charge is 2.13. The molecule has 1 aromatic rings. The summed E-state index contributed by atoms with van der Waals surface area (Å²) in [6.07, 6.45) is 0. The van der Waals surface area contributed by atoms with Crippen molar-refractivity contribution in [2.75, 3.05) is 31.1 Å². The number of hydrogen-bond donors (Lipinski definition) is 1. The first-order chi connectivity index (χ1) is 7.20. The zero-order valence-electron chi connectivity index (χ0n) is 9.93. The number of benzene rings is 1. The summed E-state index contributed by atoms with van der Waals surface area (Å²) in [5, 5.41) is 3.39. The maximum atomic E-state index is 3.39. The second-order valence-electron chi connectivity index (χ2n) is 4.39. The maximum absolute atomic E-state index is 3.39. The number of anilines is 1. The van der Waals surface area contributed by atoms with E-state index in [4.69, 9.17) is 0 Å². The van der Waals surface area contributed by atoms with Crippen molar-refractivity contribution >= 4 is 5.69 Å². The summed E-state index contributed by atoms with van der Waals surface area (Å²) in [6, 6.07) is 4.50. The van der Waals surface area contributed by atoms with E-state index in [1.807, 2.05) is 0 Å². The van der Waals surface area contributed by atoms with Gasteiger partial charge in [-0.2, -0.15) is 0 Å². The lowest BCUT2D eigenvalue weighted by atomic mass is 10.0. The van der Waals surface area contributed by atoms with Gasteiger partial charge in [-0.3, -0.25) is 0 Å². The van der Waals surface area contributed by atoms with E-state index in [9.17, 15) is 0 Å². The summed E-state index contributed by atoms with van der Waals surface area (Å²) in [4.78, 5) is 2.48. The average Bonchev–Trinajstić information content (AvgIpc) is 2.27. The van der Waals surface area contributed by atoms with Gasteiger partial charge in [0.1, 0.15) is 0 Å². The summed E-state index contributed by atoms with van der Waals surface area (Å²) in [7, 11) is 0. The van der Waals surface area contributed by atoms with Crippen LogP contribution in [-0.2, 0) is 0 Å². The van der Waals surface area contributed by atoms with E-state index >= 15 is 0 Å². The van der Waals surface area contributed by atoms with E-state index in [1.54, 1.807) is 0 Å². The van der Waals surface area contributed by atoms with E-state index in [0.29, 0.717) is 0 Å². The average molecular weight is 204 g/mol. The number of rotatable bonds is 1. The third-order valence-corrected chi connectivity index (χ3v) is 3.49. The molecule has 2 rings (SSSR count). The lowest BCUT2D eigenvalue weighted by Crippen LogP contribution is -2.43. The summed E-state index contributed by atoms with van der Waals surface area (Å²) in [6.45, 7) is 11.1. The number of aryl methyl sites for hydroxylation is 1. The van der Waals surface area contributed by atoms with Crippen molar-refractivity contribution in [2.45, 2.75) is 20.8 Å². The van der Waals surface area contributed by atoms with Gasteiger partial charge in [0.25, 0.3) is 0 Å². The van der Waals surface area contributed by atoms with Crippen LogP contribution in [0.5, 0.6) is 0 Å². The van der Waals surface area contributed by atoms with Crippen LogP contribution in [0, 0.1) is 20.8 Å². The summed E-state index contributed by atoms with van der Waals surface area (Å²) in [5.74, 6) is 0. The fraction of sp³-hybridized carbons (Fsp3) is 0.538. The molecule has 0 amide bonds. The second kappa shape index (κ2) is 4.23. The van der Waals surface area contributed by atoms with Crippen LogP contribution >= 0.6 is 0 Å². The molecule has 0 saturated carbocycles. The first kappa shape index (κ1) is 10.5. The first-order valence-corrected chi connectivity index (χ1v) is 5.72. The van der Waals surface area contributed by atoms with E-state index < -0.39 is 0 Å². The fourth-order valence-electron chi connectivity index (χ4n) is 2.19. The Balaban J connectivity index is 2.31. The van der Waals surface area contributed by atoms with Gasteiger partial charge < -0.3 is 10.2 Å². The number of nitrogens with zero attached hydrogens (tertiary/aromatic N) is 1. The Morgan fingerprint density at radius 1 is 1.00 bits per heavy atom. The van der Waals surface area contributed by atoms with Gasteiger partial charge in [0, 0.05) is 31.9 Å². The van der Waals surface area contributed by atoms with Gasteiger partial charge in [0.2, 0.25) is 0 Å². The minimum atomic E-state index is 1.10. The molecule has 0 aliphatic carbocycles. The van der Waals surface area contributed by atoms with Crippen molar-refractivity contribution in [3.8, 4) is 0 Å². The molecule has 15 heavy (non-hydrogen) atoms. The van der Waals surface area contributed by atoms with Crippen LogP contribution < -0.4 is 10.2 Å². The summed E-state index contributed by atoms with van der Waals surface area (Å²) >= 11 is 0. The van der Waals surface area contributed by atoms with Crippen LogP contribution in [0.2, 0.25) is 0 Å². The monoisotopic (exact) mass is 204 g/mol. The van der Waals surface area contributed by atoms with E-state index in [0.717, 1.165) is 26.2 Å². The zero-order chi connectivity index (χ0) is 10.8. The van der Waals surface area contributed by atoms with Crippen LogP contribution in [0.15, 0.2) is 12.1 Å². The molecule has 0 bridgehead atoms. The van der Waals surface area contributed by atoms with E-state index in [2.05, 4.69) is 43.1 Å². The third-order valence-electron chi connectivity index (χ3n) is 3.49. The number of hydrogen-bond acceptors (Lipinski definition) is 2. The third kappa shape index (κ3) is 2.00. The van der Waals surface area contributed by atoms with Crippen LogP contribution in [0.4, 0.5) is 5.69 Å². The molecule has 1 aliphatic rings. The van der Waals surface area contributed by atoms with E-state index in [1.165, 1.54) is 22.4 Å². The Morgan fingerprint density at radius 2 is 1.67 bits per heavy atom. The molecule has 0 aromatic heterocycles. The predicted molar refractivity (Wildman–Crippen MR) is 65.7 cm³/mol. The molecular weight excluding hydrogens is 184 g/mol. The lowest BCUT2D eigenvalue weighted by Gasteiger charge is -2.31. The predicted octanol–water partition coefficient (Wildman–Crippen LogP) is 2.02. The van der Waals surface area contributed by atoms with Gasteiger partial charge >= 0.3 is 0 Å². The minimum Gasteiger partial charge on any atom is -0.369 e. The Hall–Kier alpha value is -1.02. The SMILES string of the molecule is Cc1ccc(N2CCNCC2)c(C)c1C. The molecule has 2 nitrogen and oxygen atoms in total. The molecule has 1 fully saturated rings. The van der Waals surface area contributed by atoms with Gasteiger partial charge in [-0.15, -0.1) is 0 Å². The van der Waals surface area contributed by atoms with Crippen molar-refractivity contribution in [1.29, 1.82) is 0 Å². The van der Waals surface area contributed by atoms with Gasteiger partial charge in [0.05, 0.1) is 0 Å². The highest BCUT2D eigenvalue weighted by molar-refractivity contribution is 5.58. The molecule has 1 saturated heterocycles. The molecule has 0 spiro atoms. The van der Waals surface area contributed by atoms with Crippen LogP contribution in [0.25, 0.3) is 0 Å². The van der Waals surface area contributed by atoms with Gasteiger partial charge in [-0.1, -0.05) is 6.07 Å². The first-order valence-electron chi connectivity index (χ1n) is 5.72. The van der Waals surface area contributed by atoms with E-state index in [-0.39, 0.29) is 0 Å². The largest absolute Gasteiger partial charge is 0.369 e. The topological polar surface area (TPSA) is 15.3 Å². The number of piperazine rings is 1. The standard InChI is InChI=1S/C13H20N2/c1-10-4-5-13(12(3)11(10)2)15-8-6-14-7-9-15/h4-5,14H,6-9H2,1-3H3. The minimum absolute atomic E-state index is 1.10. The quantitative estimate of drug-likeness (QED) is 0.753. The molecule has 0 unspecified atom stereocenters. The van der Waals surface area contributed by atoms with Gasteiger partial charge in [0.15, 0.2) is 0 Å². The van der Waals surface area contributed by atoms with Crippen molar-refractivity contribution in [3.63, 3.8) is 0 Å². The van der Waals surface area contributed by atoms with Gasteiger partial charge in [-0.05, 0) is 43.5 Å². The smallest absolute Gasteiger partial charge is 0.0399 e. The summed E-state index contributed by atoms with van der Waals surface area (Å²) < 4.78 is 0. The molecule has 0 atom stereocenters. The van der Waals surface area contributed by atoms with Crippen LogP contribution in [0.1, 0.15) is 16.7 Å². The van der Waals surface area contributed by atoms with Crippen molar-refractivity contribution in [2.24, 2.45) is 0 Å². The van der Waals surface area contributed by atoms with Crippen molar-refractivity contribution in [1.82, 2.24) is 5.32 Å². The molecule has 1 aromatic carbocycles. The molecule has 1 N–H and O–H groups in total. The van der Waals surface area contributed by atoms with Crippen LogP contribution in [-0.4, -0.2) is 26.2 Å². The highest BCUT2D eigenvalue weighted by atomic mass is 15.2. The van der Waals surface area contributed by atoms with Crippen LogP contribution in [0.3, 0.4) is 0 Å². The highest BCUT2D eigenvalue weighted by Crippen LogP contribution is 2.25. The Labute approximate surface area is 92.3 Å². The molecule has 1 heterocycles. The summed E-state index contributed by atoms with van der Waals surface area (Å²) in [5.41, 5.74) is 5.69. The number of nitrogens with one attached hydrogen (secondary N) is 1. The zero-order valence-corrected chi connectivity index (χ0v) is 9.93. The van der Waals surface area contributed by atoms with Crippen molar-refractivity contribution < 1.29 is 0 Å². The Bertz CT molecular complexity index is 352. The Kier molecular flexibility index (Phi) is 2.96. The second-order valence-corrected chi connectivity index (χ2v) is 4.39. The fourth-order valence-corrected chi connectivity index (χ4v) is 2.19. The molecule has 2 heteroatoms. The Morgan fingerprint density at radius 3 is 2.33 bits per heavy atom. The molecule has 0 radical (unpaired) electrons. The normalized spacial score (nSPS) is 16.9. The lowest BCUT2D eigenvalue weighted by molar-refractivity contribution is 0.588. The molecule has 82 valence electrons. The molecular formula is C13H20N2. The molecule has 1 aliphatic heterocycles.